The number of sulfonamides is 1. The van der Waals surface area contributed by atoms with Crippen LogP contribution in [-0.2, 0) is 16.6 Å². The highest BCUT2D eigenvalue weighted by Crippen LogP contribution is 2.28. The number of aryl methyl sites for hydroxylation is 1. The van der Waals surface area contributed by atoms with Crippen LogP contribution in [0.15, 0.2) is 52.8 Å². The van der Waals surface area contributed by atoms with E-state index in [2.05, 4.69) is 4.72 Å². The highest BCUT2D eigenvalue weighted by Gasteiger charge is 2.15. The molecule has 2 aromatic carbocycles. The number of hydrogen-bond acceptors (Lipinski definition) is 4. The zero-order chi connectivity index (χ0) is 17.6. The first-order chi connectivity index (χ1) is 11.5. The van der Waals surface area contributed by atoms with E-state index in [1.165, 1.54) is 18.8 Å². The molecule has 6 heteroatoms. The molecule has 0 aliphatic rings. The van der Waals surface area contributed by atoms with Gasteiger partial charge in [0.1, 0.15) is 16.6 Å². The molecule has 0 aliphatic heterocycles. The fourth-order valence-electron chi connectivity index (χ4n) is 2.09. The van der Waals surface area contributed by atoms with E-state index in [9.17, 15) is 8.42 Å². The van der Waals surface area contributed by atoms with Crippen LogP contribution in [0.3, 0.4) is 0 Å². The Labute approximate surface area is 148 Å². The molecule has 0 fully saturated rings. The van der Waals surface area contributed by atoms with Gasteiger partial charge in [-0.05, 0) is 43.5 Å². The Balaban J connectivity index is 2.33. The van der Waals surface area contributed by atoms with Crippen LogP contribution >= 0.6 is 11.8 Å². The van der Waals surface area contributed by atoms with Gasteiger partial charge >= 0.3 is 0 Å². The van der Waals surface area contributed by atoms with Gasteiger partial charge in [-0.3, -0.25) is 0 Å². The Morgan fingerprint density at radius 2 is 1.92 bits per heavy atom. The summed E-state index contributed by atoms with van der Waals surface area (Å²) in [6, 6.07) is 15.6. The smallest absolute Gasteiger partial charge is 0.246 e. The lowest BCUT2D eigenvalue weighted by Gasteiger charge is -2.12. The molecule has 0 atom stereocenters. The summed E-state index contributed by atoms with van der Waals surface area (Å²) in [5.41, 5.74) is 2.85. The van der Waals surface area contributed by atoms with E-state index in [0.29, 0.717) is 12.4 Å². The largest absolute Gasteiger partial charge is 0.488 e. The maximum atomic E-state index is 12.1. The summed E-state index contributed by atoms with van der Waals surface area (Å²) in [4.78, 5) is 0. The third-order valence-corrected chi connectivity index (χ3v) is 6.28. The number of thioether (sulfide) groups is 1. The van der Waals surface area contributed by atoms with E-state index < -0.39 is 10.0 Å². The van der Waals surface area contributed by atoms with Gasteiger partial charge in [0.15, 0.2) is 0 Å². The Morgan fingerprint density at radius 1 is 1.21 bits per heavy atom. The van der Waals surface area contributed by atoms with E-state index in [0.717, 1.165) is 16.7 Å². The molecule has 0 aromatic heterocycles. The molecule has 0 saturated heterocycles. The first-order valence-electron chi connectivity index (χ1n) is 7.43. The summed E-state index contributed by atoms with van der Waals surface area (Å²) in [5.74, 6) is 0.664. The molecule has 128 valence electrons. The maximum Gasteiger partial charge on any atom is 0.246 e. The highest BCUT2D eigenvalue weighted by atomic mass is 32.3. The summed E-state index contributed by atoms with van der Waals surface area (Å²) >= 11 is 1.18. The van der Waals surface area contributed by atoms with Crippen LogP contribution in [0.2, 0.25) is 0 Å². The molecule has 1 N–H and O–H groups in total. The van der Waals surface area contributed by atoms with E-state index in [1.54, 1.807) is 12.3 Å². The summed E-state index contributed by atoms with van der Waals surface area (Å²) in [7, 11) is -2.08. The molecule has 0 heterocycles. The van der Waals surface area contributed by atoms with Crippen molar-refractivity contribution in [3.05, 3.63) is 69.5 Å². The lowest BCUT2D eigenvalue weighted by atomic mass is 10.1. The molecule has 24 heavy (non-hydrogen) atoms. The first-order valence-corrected chi connectivity index (χ1v) is 10.1. The zero-order valence-electron chi connectivity index (χ0n) is 13.9. The van der Waals surface area contributed by atoms with Crippen molar-refractivity contribution >= 4 is 27.9 Å². The maximum absolute atomic E-state index is 12.1. The van der Waals surface area contributed by atoms with Gasteiger partial charge in [-0.1, -0.05) is 42.5 Å². The van der Waals surface area contributed by atoms with Crippen molar-refractivity contribution < 1.29 is 13.2 Å². The Morgan fingerprint density at radius 3 is 2.54 bits per heavy atom. The van der Waals surface area contributed by atoms with E-state index >= 15 is 0 Å². The van der Waals surface area contributed by atoms with Crippen molar-refractivity contribution in [3.8, 4) is 5.75 Å². The monoisotopic (exact) mass is 363 g/mol. The van der Waals surface area contributed by atoms with Crippen LogP contribution < -0.4 is 9.46 Å². The number of rotatable bonds is 7. The van der Waals surface area contributed by atoms with E-state index in [4.69, 9.17) is 4.74 Å². The topological polar surface area (TPSA) is 55.4 Å². The first kappa shape index (κ1) is 18.6. The molecule has 0 unspecified atom stereocenters. The average Bonchev–Trinajstić information content (AvgIpc) is 2.59. The van der Waals surface area contributed by atoms with Gasteiger partial charge in [-0.2, -0.15) is 0 Å². The molecule has 0 amide bonds. The molecule has 2 aromatic rings. The minimum Gasteiger partial charge on any atom is -0.488 e. The van der Waals surface area contributed by atoms with Gasteiger partial charge in [0.05, 0.1) is 0 Å². The number of nitrogens with one attached hydrogen (secondary N) is 1. The fraction of sp³-hybridized carbons (Fsp3) is 0.222. The van der Waals surface area contributed by atoms with Crippen molar-refractivity contribution in [3.63, 3.8) is 0 Å². The molecular formula is C18H21NO3S2. The number of benzene rings is 2. The molecule has 4 nitrogen and oxygen atoms in total. The molecule has 0 radical (unpaired) electrons. The Bertz CT molecular complexity index is 815. The van der Waals surface area contributed by atoms with Gasteiger partial charge in [0.25, 0.3) is 0 Å². The average molecular weight is 364 g/mol. The van der Waals surface area contributed by atoms with Crippen LogP contribution in [0.1, 0.15) is 16.7 Å². The normalized spacial score (nSPS) is 12.2. The second-order valence-corrected chi connectivity index (χ2v) is 8.15. The third kappa shape index (κ3) is 4.87. The van der Waals surface area contributed by atoms with Crippen molar-refractivity contribution in [2.45, 2.75) is 13.5 Å². The van der Waals surface area contributed by atoms with Crippen molar-refractivity contribution in [1.29, 1.82) is 0 Å². The van der Waals surface area contributed by atoms with E-state index in [-0.39, 0.29) is 4.24 Å². The second-order valence-electron chi connectivity index (χ2n) is 5.19. The zero-order valence-corrected chi connectivity index (χ0v) is 15.6. The third-order valence-electron chi connectivity index (χ3n) is 3.41. The van der Waals surface area contributed by atoms with Crippen molar-refractivity contribution in [2.24, 2.45) is 0 Å². The van der Waals surface area contributed by atoms with Crippen LogP contribution in [0, 0.1) is 6.92 Å². The highest BCUT2D eigenvalue weighted by molar-refractivity contribution is 8.17. The van der Waals surface area contributed by atoms with Crippen molar-refractivity contribution in [1.82, 2.24) is 4.72 Å². The lowest BCUT2D eigenvalue weighted by Crippen LogP contribution is -2.18. The second kappa shape index (κ2) is 8.37. The Hall–Kier alpha value is -1.76. The predicted octanol–water partition coefficient (Wildman–Crippen LogP) is 3.78. The van der Waals surface area contributed by atoms with Gasteiger partial charge in [0, 0.05) is 5.56 Å². The molecule has 0 spiro atoms. The van der Waals surface area contributed by atoms with Crippen LogP contribution in [0.25, 0.3) is 6.08 Å². The number of hydrogen-bond donors (Lipinski definition) is 1. The minimum absolute atomic E-state index is 0.249. The van der Waals surface area contributed by atoms with Crippen LogP contribution in [-0.4, -0.2) is 21.7 Å². The van der Waals surface area contributed by atoms with E-state index in [1.807, 2.05) is 55.5 Å². The standard InChI is InChI=1S/C18H21NO3S2/c1-14-9-10-16(12-18(23-3)24(20,21)19-2)17(11-14)22-13-15-7-5-4-6-8-15/h4-12,19H,13H2,1-3H3. The van der Waals surface area contributed by atoms with Crippen LogP contribution in [0.4, 0.5) is 0 Å². The molecule has 0 bridgehead atoms. The molecular weight excluding hydrogens is 342 g/mol. The number of ether oxygens (including phenoxy) is 1. The Kier molecular flexibility index (Phi) is 6.48. The van der Waals surface area contributed by atoms with Gasteiger partial charge in [-0.25, -0.2) is 13.1 Å². The van der Waals surface area contributed by atoms with Gasteiger partial charge < -0.3 is 4.74 Å². The predicted molar refractivity (Wildman–Crippen MR) is 101 cm³/mol. The molecule has 2 rings (SSSR count). The summed E-state index contributed by atoms with van der Waals surface area (Å²) in [6.07, 6.45) is 3.37. The van der Waals surface area contributed by atoms with Crippen LogP contribution in [0.5, 0.6) is 5.75 Å². The van der Waals surface area contributed by atoms with Crippen molar-refractivity contribution in [2.75, 3.05) is 13.3 Å². The molecule has 0 saturated carbocycles. The summed E-state index contributed by atoms with van der Waals surface area (Å²) in [6.45, 7) is 2.40. The molecule has 0 aliphatic carbocycles. The van der Waals surface area contributed by atoms with Gasteiger partial charge in [-0.15, -0.1) is 11.8 Å². The summed E-state index contributed by atoms with van der Waals surface area (Å²) < 4.78 is 32.6. The SMILES string of the molecule is CNS(=O)(=O)C(=Cc1ccc(C)cc1OCc1ccccc1)SC. The van der Waals surface area contributed by atoms with Gasteiger partial charge in [0.2, 0.25) is 10.0 Å². The minimum atomic E-state index is -3.48. The fourth-order valence-corrected chi connectivity index (χ4v) is 3.95. The summed E-state index contributed by atoms with van der Waals surface area (Å²) in [5, 5.41) is 0. The quantitative estimate of drug-likeness (QED) is 0.813. The lowest BCUT2D eigenvalue weighted by molar-refractivity contribution is 0.305.